The monoisotopic (exact) mass is 292 g/mol. The Morgan fingerprint density at radius 3 is 2.71 bits per heavy atom. The molecule has 1 fully saturated rings. The Balaban J connectivity index is 2.13. The first kappa shape index (κ1) is 15.2. The Labute approximate surface area is 123 Å². The third-order valence-electron chi connectivity index (χ3n) is 4.05. The third-order valence-corrected chi connectivity index (χ3v) is 4.05. The Morgan fingerprint density at radius 1 is 1.48 bits per heavy atom. The van der Waals surface area contributed by atoms with E-state index in [0.29, 0.717) is 12.4 Å². The van der Waals surface area contributed by atoms with E-state index in [9.17, 15) is 14.9 Å². The van der Waals surface area contributed by atoms with Crippen molar-refractivity contribution in [2.24, 2.45) is 5.41 Å². The normalized spacial score (nSPS) is 16.5. The molecule has 1 aromatic heterocycles. The average Bonchev–Trinajstić information content (AvgIpc) is 2.91. The Hall–Kier alpha value is -2.18. The van der Waals surface area contributed by atoms with Crippen LogP contribution in [0.25, 0.3) is 0 Å². The summed E-state index contributed by atoms with van der Waals surface area (Å²) in [6, 6.07) is 1.26. The standard InChI is InChI=1S/C14H20N4O3/c1-14(5-3-4-6-14)9-17-13(19)11-7-10(18(20)21)8-16-12(11)15-2/h7-8H,3-6,9H2,1-2H3,(H,15,16)(H,17,19). The zero-order chi connectivity index (χ0) is 15.5. The molecule has 0 aromatic carbocycles. The number of aromatic nitrogens is 1. The molecule has 0 saturated heterocycles. The van der Waals surface area contributed by atoms with Gasteiger partial charge in [-0.3, -0.25) is 14.9 Å². The van der Waals surface area contributed by atoms with E-state index in [4.69, 9.17) is 0 Å². The van der Waals surface area contributed by atoms with Gasteiger partial charge in [-0.05, 0) is 18.3 Å². The predicted octanol–water partition coefficient (Wildman–Crippen LogP) is 2.34. The minimum Gasteiger partial charge on any atom is -0.372 e. The summed E-state index contributed by atoms with van der Waals surface area (Å²) in [5, 5.41) is 16.5. The maximum atomic E-state index is 12.3. The second kappa shape index (κ2) is 6.07. The van der Waals surface area contributed by atoms with Gasteiger partial charge in [-0.1, -0.05) is 19.8 Å². The zero-order valence-corrected chi connectivity index (χ0v) is 12.3. The molecule has 0 bridgehead atoms. The number of carbonyl (C=O) groups is 1. The average molecular weight is 292 g/mol. The van der Waals surface area contributed by atoms with Crippen LogP contribution in [0.15, 0.2) is 12.3 Å². The summed E-state index contributed by atoms with van der Waals surface area (Å²) < 4.78 is 0. The van der Waals surface area contributed by atoms with Crippen LogP contribution in [0, 0.1) is 15.5 Å². The SMILES string of the molecule is CNc1ncc([N+](=O)[O-])cc1C(=O)NCC1(C)CCCC1. The molecule has 1 saturated carbocycles. The van der Waals surface area contributed by atoms with Gasteiger partial charge in [0, 0.05) is 19.7 Å². The lowest BCUT2D eigenvalue weighted by Crippen LogP contribution is -2.34. The molecule has 0 spiro atoms. The maximum Gasteiger partial charge on any atom is 0.288 e. The summed E-state index contributed by atoms with van der Waals surface area (Å²) in [6.07, 6.45) is 5.71. The lowest BCUT2D eigenvalue weighted by atomic mass is 9.89. The largest absolute Gasteiger partial charge is 0.372 e. The summed E-state index contributed by atoms with van der Waals surface area (Å²) in [6.45, 7) is 2.74. The molecule has 1 amide bonds. The van der Waals surface area contributed by atoms with E-state index in [1.54, 1.807) is 7.05 Å². The van der Waals surface area contributed by atoms with Gasteiger partial charge < -0.3 is 10.6 Å². The molecule has 21 heavy (non-hydrogen) atoms. The van der Waals surface area contributed by atoms with Gasteiger partial charge in [-0.15, -0.1) is 0 Å². The molecule has 0 unspecified atom stereocenters. The molecular weight excluding hydrogens is 272 g/mol. The van der Waals surface area contributed by atoms with Crippen molar-refractivity contribution in [1.29, 1.82) is 0 Å². The molecule has 1 aromatic rings. The Kier molecular flexibility index (Phi) is 4.40. The maximum absolute atomic E-state index is 12.3. The highest BCUT2D eigenvalue weighted by atomic mass is 16.6. The van der Waals surface area contributed by atoms with Gasteiger partial charge >= 0.3 is 0 Å². The summed E-state index contributed by atoms with van der Waals surface area (Å²) in [4.78, 5) is 26.5. The number of pyridine rings is 1. The number of carbonyl (C=O) groups excluding carboxylic acids is 1. The van der Waals surface area contributed by atoms with Crippen molar-refractivity contribution >= 4 is 17.4 Å². The minimum absolute atomic E-state index is 0.129. The van der Waals surface area contributed by atoms with E-state index in [1.807, 2.05) is 0 Å². The van der Waals surface area contributed by atoms with Crippen LogP contribution in [0.5, 0.6) is 0 Å². The number of hydrogen-bond acceptors (Lipinski definition) is 5. The number of nitro groups is 1. The zero-order valence-electron chi connectivity index (χ0n) is 12.3. The van der Waals surface area contributed by atoms with Gasteiger partial charge in [0.25, 0.3) is 11.6 Å². The van der Waals surface area contributed by atoms with Crippen molar-refractivity contribution in [1.82, 2.24) is 10.3 Å². The van der Waals surface area contributed by atoms with Crippen molar-refractivity contribution in [3.63, 3.8) is 0 Å². The van der Waals surface area contributed by atoms with E-state index >= 15 is 0 Å². The van der Waals surface area contributed by atoms with E-state index in [0.717, 1.165) is 19.0 Å². The molecular formula is C14H20N4O3. The number of anilines is 1. The number of amides is 1. The second-order valence-corrected chi connectivity index (χ2v) is 5.80. The Bertz CT molecular complexity index is 553. The highest BCUT2D eigenvalue weighted by Crippen LogP contribution is 2.36. The lowest BCUT2D eigenvalue weighted by Gasteiger charge is -2.23. The first-order chi connectivity index (χ1) is 9.95. The number of nitrogens with one attached hydrogen (secondary N) is 2. The molecule has 7 nitrogen and oxygen atoms in total. The predicted molar refractivity (Wildman–Crippen MR) is 79.3 cm³/mol. The second-order valence-electron chi connectivity index (χ2n) is 5.80. The fraction of sp³-hybridized carbons (Fsp3) is 0.571. The molecule has 0 radical (unpaired) electrons. The molecule has 114 valence electrons. The lowest BCUT2D eigenvalue weighted by molar-refractivity contribution is -0.385. The first-order valence-electron chi connectivity index (χ1n) is 7.05. The van der Waals surface area contributed by atoms with Crippen LogP contribution in [0.2, 0.25) is 0 Å². The quantitative estimate of drug-likeness (QED) is 0.641. The van der Waals surface area contributed by atoms with Gasteiger partial charge in [0.2, 0.25) is 0 Å². The topological polar surface area (TPSA) is 97.2 Å². The minimum atomic E-state index is -0.554. The smallest absolute Gasteiger partial charge is 0.288 e. The van der Waals surface area contributed by atoms with Crippen molar-refractivity contribution in [2.45, 2.75) is 32.6 Å². The number of rotatable bonds is 5. The Morgan fingerprint density at radius 2 is 2.14 bits per heavy atom. The summed E-state index contributed by atoms with van der Waals surface area (Å²) in [5.41, 5.74) is 0.142. The van der Waals surface area contributed by atoms with Crippen molar-refractivity contribution in [3.8, 4) is 0 Å². The third kappa shape index (κ3) is 3.48. The summed E-state index contributed by atoms with van der Waals surface area (Å²) in [7, 11) is 1.63. The van der Waals surface area contributed by atoms with E-state index < -0.39 is 4.92 Å². The number of hydrogen-bond donors (Lipinski definition) is 2. The van der Waals surface area contributed by atoms with Crippen molar-refractivity contribution in [2.75, 3.05) is 18.9 Å². The molecule has 2 N–H and O–H groups in total. The molecule has 0 aliphatic heterocycles. The van der Waals surface area contributed by atoms with E-state index in [2.05, 4.69) is 22.5 Å². The van der Waals surface area contributed by atoms with Gasteiger partial charge in [0.15, 0.2) is 0 Å². The van der Waals surface area contributed by atoms with Crippen LogP contribution >= 0.6 is 0 Å². The van der Waals surface area contributed by atoms with Gasteiger partial charge in [0.1, 0.15) is 12.0 Å². The summed E-state index contributed by atoms with van der Waals surface area (Å²) >= 11 is 0. The summed E-state index contributed by atoms with van der Waals surface area (Å²) in [5.74, 6) is 0.0124. The number of nitrogens with zero attached hydrogens (tertiary/aromatic N) is 2. The molecule has 1 heterocycles. The van der Waals surface area contributed by atoms with Crippen LogP contribution in [0.1, 0.15) is 43.0 Å². The van der Waals surface area contributed by atoms with Gasteiger partial charge in [0.05, 0.1) is 10.5 Å². The molecule has 0 atom stereocenters. The van der Waals surface area contributed by atoms with Crippen LogP contribution in [0.4, 0.5) is 11.5 Å². The highest BCUT2D eigenvalue weighted by molar-refractivity contribution is 5.99. The van der Waals surface area contributed by atoms with Crippen LogP contribution in [-0.4, -0.2) is 29.4 Å². The highest BCUT2D eigenvalue weighted by Gasteiger charge is 2.29. The van der Waals surface area contributed by atoms with Crippen LogP contribution in [0.3, 0.4) is 0 Å². The van der Waals surface area contributed by atoms with Crippen LogP contribution in [-0.2, 0) is 0 Å². The van der Waals surface area contributed by atoms with Crippen molar-refractivity contribution < 1.29 is 9.72 Å². The molecule has 1 aliphatic carbocycles. The van der Waals surface area contributed by atoms with Crippen LogP contribution < -0.4 is 10.6 Å². The molecule has 7 heteroatoms. The fourth-order valence-corrected chi connectivity index (χ4v) is 2.72. The van der Waals surface area contributed by atoms with Crippen molar-refractivity contribution in [3.05, 3.63) is 27.9 Å². The van der Waals surface area contributed by atoms with Gasteiger partial charge in [-0.25, -0.2) is 4.98 Å². The van der Waals surface area contributed by atoms with E-state index in [-0.39, 0.29) is 22.6 Å². The fourth-order valence-electron chi connectivity index (χ4n) is 2.72. The first-order valence-corrected chi connectivity index (χ1v) is 7.05. The van der Waals surface area contributed by atoms with E-state index in [1.165, 1.54) is 18.9 Å². The van der Waals surface area contributed by atoms with Gasteiger partial charge in [-0.2, -0.15) is 0 Å². The molecule has 1 aliphatic rings. The molecule has 2 rings (SSSR count).